The van der Waals surface area contributed by atoms with Crippen molar-refractivity contribution in [1.29, 1.82) is 0 Å². The highest BCUT2D eigenvalue weighted by atomic mass is 35.5. The summed E-state index contributed by atoms with van der Waals surface area (Å²) in [5.41, 5.74) is 0.0311. The van der Waals surface area contributed by atoms with Gasteiger partial charge >= 0.3 is 5.97 Å². The molecule has 0 radical (unpaired) electrons. The Kier molecular flexibility index (Phi) is 5.64. The van der Waals surface area contributed by atoms with Gasteiger partial charge in [-0.3, -0.25) is 4.79 Å². The van der Waals surface area contributed by atoms with Gasteiger partial charge in [-0.15, -0.1) is 0 Å². The van der Waals surface area contributed by atoms with Crippen molar-refractivity contribution in [1.82, 2.24) is 0 Å². The number of hydrogen-bond donors (Lipinski definition) is 2. The van der Waals surface area contributed by atoms with Crippen LogP contribution in [0.2, 0.25) is 10.0 Å². The van der Waals surface area contributed by atoms with Gasteiger partial charge in [0.05, 0.1) is 26.9 Å². The second-order valence-corrected chi connectivity index (χ2v) is 6.30. The van der Waals surface area contributed by atoms with E-state index in [0.717, 1.165) is 6.07 Å². The van der Waals surface area contributed by atoms with E-state index in [1.807, 2.05) is 18.2 Å². The summed E-state index contributed by atoms with van der Waals surface area (Å²) in [5.74, 6) is -0.920. The lowest BCUT2D eigenvalue weighted by Gasteiger charge is -2.13. The molecular formula is C20H13Cl2NO4. The van der Waals surface area contributed by atoms with E-state index >= 15 is 0 Å². The first-order valence-electron chi connectivity index (χ1n) is 7.81. The van der Waals surface area contributed by atoms with Crippen LogP contribution >= 0.6 is 23.2 Å². The number of ether oxygens (including phenoxy) is 1. The van der Waals surface area contributed by atoms with Crippen molar-refractivity contribution in [3.05, 3.63) is 87.9 Å². The lowest BCUT2D eigenvalue weighted by molar-refractivity contribution is 0.0692. The number of carbonyl (C=O) groups excluding carboxylic acids is 1. The van der Waals surface area contributed by atoms with Crippen LogP contribution in [0.15, 0.2) is 66.7 Å². The van der Waals surface area contributed by atoms with Crippen LogP contribution in [0.1, 0.15) is 20.7 Å². The average Bonchev–Trinajstić information content (AvgIpc) is 2.65. The van der Waals surface area contributed by atoms with Gasteiger partial charge in [-0.05, 0) is 36.4 Å². The van der Waals surface area contributed by atoms with Crippen LogP contribution < -0.4 is 10.1 Å². The van der Waals surface area contributed by atoms with E-state index < -0.39 is 11.9 Å². The predicted octanol–water partition coefficient (Wildman–Crippen LogP) is 5.74. The summed E-state index contributed by atoms with van der Waals surface area (Å²) in [6, 6.07) is 18.3. The molecule has 0 saturated carbocycles. The van der Waals surface area contributed by atoms with E-state index in [2.05, 4.69) is 5.32 Å². The maximum Gasteiger partial charge on any atom is 0.336 e. The largest absolute Gasteiger partial charge is 0.478 e. The molecule has 3 rings (SSSR count). The van der Waals surface area contributed by atoms with Crippen LogP contribution in [0.3, 0.4) is 0 Å². The number of carboxylic acid groups (broad SMARTS) is 1. The van der Waals surface area contributed by atoms with Gasteiger partial charge in [-0.2, -0.15) is 0 Å². The summed E-state index contributed by atoms with van der Waals surface area (Å²) in [5, 5.41) is 12.1. The molecule has 3 aromatic carbocycles. The maximum atomic E-state index is 12.7. The minimum absolute atomic E-state index is 0.0541. The Hall–Kier alpha value is -3.02. The summed E-state index contributed by atoms with van der Waals surface area (Å²) >= 11 is 11.8. The number of rotatable bonds is 5. The first-order valence-corrected chi connectivity index (χ1v) is 8.57. The highest BCUT2D eigenvalue weighted by Crippen LogP contribution is 2.31. The Morgan fingerprint density at radius 3 is 2.11 bits per heavy atom. The van der Waals surface area contributed by atoms with E-state index in [1.165, 1.54) is 6.07 Å². The summed E-state index contributed by atoms with van der Waals surface area (Å²) in [4.78, 5) is 24.1. The molecule has 0 unspecified atom stereocenters. The van der Waals surface area contributed by atoms with E-state index in [-0.39, 0.29) is 21.2 Å². The molecule has 0 aliphatic rings. The molecule has 0 fully saturated rings. The fraction of sp³-hybridized carbons (Fsp3) is 0. The molecule has 0 aliphatic heterocycles. The van der Waals surface area contributed by atoms with Gasteiger partial charge < -0.3 is 15.2 Å². The topological polar surface area (TPSA) is 75.6 Å². The zero-order chi connectivity index (χ0) is 19.4. The van der Waals surface area contributed by atoms with Gasteiger partial charge in [0.1, 0.15) is 5.75 Å². The van der Waals surface area contributed by atoms with E-state index in [1.54, 1.807) is 36.4 Å². The van der Waals surface area contributed by atoms with Crippen LogP contribution in [-0.2, 0) is 0 Å². The number of para-hydroxylation sites is 3. The second kappa shape index (κ2) is 8.12. The smallest absolute Gasteiger partial charge is 0.336 e. The molecule has 3 aromatic rings. The summed E-state index contributed by atoms with van der Waals surface area (Å²) in [6.07, 6.45) is 0. The predicted molar refractivity (Wildman–Crippen MR) is 104 cm³/mol. The minimum Gasteiger partial charge on any atom is -0.478 e. The van der Waals surface area contributed by atoms with E-state index in [9.17, 15) is 14.7 Å². The Bertz CT molecular complexity index is 1010. The Balaban J connectivity index is 1.92. The van der Waals surface area contributed by atoms with Crippen LogP contribution in [0.25, 0.3) is 0 Å². The fourth-order valence-electron chi connectivity index (χ4n) is 2.38. The Labute approximate surface area is 165 Å². The Morgan fingerprint density at radius 2 is 1.44 bits per heavy atom. The number of hydrogen-bond acceptors (Lipinski definition) is 3. The molecule has 7 heteroatoms. The number of nitrogens with one attached hydrogen (secondary N) is 1. The van der Waals surface area contributed by atoms with Crippen molar-refractivity contribution in [3.8, 4) is 11.5 Å². The molecule has 0 aromatic heterocycles. The van der Waals surface area contributed by atoms with Crippen LogP contribution in [0.4, 0.5) is 5.69 Å². The van der Waals surface area contributed by atoms with E-state index in [0.29, 0.717) is 17.2 Å². The number of carboxylic acids is 1. The van der Waals surface area contributed by atoms with Crippen LogP contribution in [-0.4, -0.2) is 17.0 Å². The number of benzene rings is 3. The summed E-state index contributed by atoms with van der Waals surface area (Å²) in [7, 11) is 0. The van der Waals surface area contributed by atoms with Crippen LogP contribution in [0, 0.1) is 0 Å². The zero-order valence-electron chi connectivity index (χ0n) is 13.8. The highest BCUT2D eigenvalue weighted by Gasteiger charge is 2.20. The molecule has 5 nitrogen and oxygen atoms in total. The van der Waals surface area contributed by atoms with Gasteiger partial charge in [0.15, 0.2) is 5.75 Å². The van der Waals surface area contributed by atoms with Gasteiger partial charge in [0.2, 0.25) is 0 Å². The monoisotopic (exact) mass is 401 g/mol. The highest BCUT2D eigenvalue weighted by molar-refractivity contribution is 6.42. The normalized spacial score (nSPS) is 10.3. The molecule has 2 N–H and O–H groups in total. The molecule has 0 atom stereocenters. The van der Waals surface area contributed by atoms with Crippen molar-refractivity contribution in [2.75, 3.05) is 5.32 Å². The van der Waals surface area contributed by atoms with E-state index in [4.69, 9.17) is 27.9 Å². The minimum atomic E-state index is -1.28. The third-order valence-corrected chi connectivity index (χ3v) is 4.36. The van der Waals surface area contributed by atoms with Crippen molar-refractivity contribution < 1.29 is 19.4 Å². The molecular weight excluding hydrogens is 389 g/mol. The molecule has 0 heterocycles. The molecule has 0 aliphatic carbocycles. The lowest BCUT2D eigenvalue weighted by atomic mass is 10.1. The van der Waals surface area contributed by atoms with Gasteiger partial charge in [-0.1, -0.05) is 53.5 Å². The summed E-state index contributed by atoms with van der Waals surface area (Å²) < 4.78 is 5.79. The first kappa shape index (κ1) is 18.8. The van der Waals surface area contributed by atoms with Crippen molar-refractivity contribution in [2.45, 2.75) is 0 Å². The molecule has 27 heavy (non-hydrogen) atoms. The standard InChI is InChI=1S/C20H13Cl2NO4/c21-15-10-13(14(20(25)26)11-16(15)22)19(24)23-17-8-4-5-9-18(17)27-12-6-2-1-3-7-12/h1-11H,(H,23,24)(H,25,26). The van der Waals surface area contributed by atoms with Crippen molar-refractivity contribution >= 4 is 40.8 Å². The van der Waals surface area contributed by atoms with Crippen LogP contribution in [0.5, 0.6) is 11.5 Å². The Morgan fingerprint density at radius 1 is 0.852 bits per heavy atom. The quantitative estimate of drug-likeness (QED) is 0.571. The first-order chi connectivity index (χ1) is 13.0. The van der Waals surface area contributed by atoms with Gasteiger partial charge in [0.25, 0.3) is 5.91 Å². The lowest BCUT2D eigenvalue weighted by Crippen LogP contribution is -2.17. The molecule has 136 valence electrons. The summed E-state index contributed by atoms with van der Waals surface area (Å²) in [6.45, 7) is 0. The van der Waals surface area contributed by atoms with Gasteiger partial charge in [0, 0.05) is 0 Å². The number of amides is 1. The third-order valence-electron chi connectivity index (χ3n) is 3.64. The fourth-order valence-corrected chi connectivity index (χ4v) is 2.70. The van der Waals surface area contributed by atoms with Crippen molar-refractivity contribution in [2.24, 2.45) is 0 Å². The molecule has 1 amide bonds. The SMILES string of the molecule is O=C(O)c1cc(Cl)c(Cl)cc1C(=O)Nc1ccccc1Oc1ccccc1. The molecule has 0 bridgehead atoms. The molecule has 0 spiro atoms. The average molecular weight is 402 g/mol. The van der Waals surface area contributed by atoms with Crippen molar-refractivity contribution in [3.63, 3.8) is 0 Å². The third kappa shape index (κ3) is 4.39. The zero-order valence-corrected chi connectivity index (χ0v) is 15.3. The number of aromatic carboxylic acids is 1. The number of halogens is 2. The number of carbonyl (C=O) groups is 2. The van der Waals surface area contributed by atoms with Gasteiger partial charge in [-0.25, -0.2) is 4.79 Å². The molecule has 0 saturated heterocycles. The second-order valence-electron chi connectivity index (χ2n) is 5.48. The maximum absolute atomic E-state index is 12.7. The number of anilines is 1.